The second kappa shape index (κ2) is 18.3. The highest BCUT2D eigenvalue weighted by Crippen LogP contribution is 2.36. The van der Waals surface area contributed by atoms with E-state index in [-0.39, 0.29) is 0 Å². The molecule has 0 radical (unpaired) electrons. The van der Waals surface area contributed by atoms with Gasteiger partial charge in [-0.05, 0) is 0 Å². The van der Waals surface area contributed by atoms with E-state index in [0.717, 1.165) is 43.8 Å². The highest BCUT2D eigenvalue weighted by atomic mass is 35.7. The topological polar surface area (TPSA) is 326 Å². The zero-order chi connectivity index (χ0) is 44.2. The lowest BCUT2D eigenvalue weighted by atomic mass is 10.1. The zero-order valence-corrected chi connectivity index (χ0v) is 35.4. The molecule has 4 aromatic carbocycles. The van der Waals surface area contributed by atoms with Gasteiger partial charge in [-0.1, -0.05) is 97.1 Å². The monoisotopic (exact) mass is 978 g/mol. The van der Waals surface area contributed by atoms with Gasteiger partial charge in [-0.25, -0.2) is 29.9 Å². The van der Waals surface area contributed by atoms with Gasteiger partial charge >= 0.3 is 37.3 Å². The van der Waals surface area contributed by atoms with Crippen molar-refractivity contribution in [3.63, 3.8) is 0 Å². The average molecular weight is 981 g/mol. The van der Waals surface area contributed by atoms with Crippen molar-refractivity contribution in [1.82, 2.24) is 39.9 Å². The van der Waals surface area contributed by atoms with Crippen LogP contribution in [-0.4, -0.2) is 91.8 Å². The normalized spacial score (nSPS) is 11.9. The molecule has 5 heterocycles. The molecule has 0 unspecified atom stereocenters. The number of nitrogens with one attached hydrogen (secondary N) is 2. The zero-order valence-electron chi connectivity index (χ0n) is 29.1. The Morgan fingerprint density at radius 3 is 0.683 bits per heavy atom. The van der Waals surface area contributed by atoms with Gasteiger partial charge in [-0.3, -0.25) is 18.2 Å². The lowest BCUT2D eigenvalue weighted by Gasteiger charge is -1.96. The fourth-order valence-electron chi connectivity index (χ4n) is 5.59. The molecule has 0 saturated heterocycles. The molecule has 0 atom stereocenters. The predicted octanol–water partition coefficient (Wildman–Crippen LogP) is 6.98. The molecule has 60 heavy (non-hydrogen) atoms. The molecule has 28 heteroatoms. The van der Waals surface area contributed by atoms with Crippen molar-refractivity contribution in [3.8, 4) is 45.6 Å². The molecule has 0 aliphatic carbocycles. The number of hydrogen-bond acceptors (Lipinski definition) is 14. The van der Waals surface area contributed by atoms with Crippen molar-refractivity contribution in [1.29, 1.82) is 0 Å². The van der Waals surface area contributed by atoms with Gasteiger partial charge in [0, 0.05) is 86.5 Å². The molecule has 20 nitrogen and oxygen atoms in total. The SMILES string of the molecule is O=S(=O)(O)Cl.O=S(=O)(O)Cl.O=S(=O)(O)Cl.O=S(=O)(O)Cl.c1ccc2c(c1)-c1nc-2nc2[nH]c(nc3nc(nc4[nH]c(n1)c1ccccc41)-c1ccccc1-3)c1ccccc21. The molecule has 8 bridgehead atoms. The molecule has 2 aliphatic rings. The van der Waals surface area contributed by atoms with Crippen molar-refractivity contribution >= 4 is 124 Å². The Bertz CT molecular complexity index is 2940. The summed E-state index contributed by atoms with van der Waals surface area (Å²) in [5, 5.41) is 3.82. The number of halogens is 4. The maximum Gasteiger partial charge on any atom is 0.353 e. The summed E-state index contributed by atoms with van der Waals surface area (Å²) in [5.41, 5.74) is 6.45. The summed E-state index contributed by atoms with van der Waals surface area (Å²) in [5.74, 6) is 2.39. The maximum absolute atomic E-state index is 8.95. The summed E-state index contributed by atoms with van der Waals surface area (Å²) in [6.45, 7) is 0. The van der Waals surface area contributed by atoms with Crippen molar-refractivity contribution in [2.24, 2.45) is 0 Å². The van der Waals surface area contributed by atoms with E-state index >= 15 is 0 Å². The second-order valence-corrected chi connectivity index (χ2v) is 19.4. The fourth-order valence-corrected chi connectivity index (χ4v) is 5.59. The van der Waals surface area contributed by atoms with E-state index in [1.165, 1.54) is 0 Å². The van der Waals surface area contributed by atoms with Crippen molar-refractivity contribution in [3.05, 3.63) is 97.1 Å². The fraction of sp³-hybridized carbons (Fsp3) is 0. The molecule has 2 aliphatic heterocycles. The first-order chi connectivity index (χ1) is 27.8. The van der Waals surface area contributed by atoms with Crippen molar-refractivity contribution < 1.29 is 51.9 Å². The molecule has 0 saturated carbocycles. The summed E-state index contributed by atoms with van der Waals surface area (Å²) >= 11 is 0. The minimum Gasteiger partial charge on any atom is -0.324 e. The minimum absolute atomic E-state index is 0.597. The Balaban J connectivity index is 0.000000287. The number of nitrogens with zero attached hydrogens (tertiary/aromatic N) is 6. The Kier molecular flexibility index (Phi) is 14.1. The standard InChI is InChI=1S/C32H18N8.4ClHO3S/c1-2-10-18-17(9-1)25-33-26(18)38-28-21-13-5-6-14-22(21)30(35-28)40-32-24-16-8-7-15-23(24)31(36-32)39-29-20-12-4-3-11-19(20)27(34-29)37-25;4*1-5(2,3)4/h1-16H,(H2,33,34,35,36,37,38,39,40);4*(H,2,3,4). The molecule has 3 aromatic heterocycles. The lowest BCUT2D eigenvalue weighted by Crippen LogP contribution is -1.82. The number of aromatic nitrogens is 8. The third-order valence-corrected chi connectivity index (χ3v) is 7.46. The summed E-state index contributed by atoms with van der Waals surface area (Å²) in [7, 11) is -0.546. The second-order valence-electron chi connectivity index (χ2n) is 11.4. The van der Waals surface area contributed by atoms with Crippen LogP contribution in [0.5, 0.6) is 0 Å². The third-order valence-electron chi connectivity index (χ3n) is 7.46. The van der Waals surface area contributed by atoms with Crippen LogP contribution in [0.25, 0.3) is 89.7 Å². The first-order valence-electron chi connectivity index (χ1n) is 15.7. The highest BCUT2D eigenvalue weighted by Gasteiger charge is 2.21. The Morgan fingerprint density at radius 2 is 0.500 bits per heavy atom. The number of aromatic amines is 2. The van der Waals surface area contributed by atoms with Crippen LogP contribution in [0, 0.1) is 0 Å². The number of fused-ring (bicyclic) bond motifs is 20. The molecule has 9 rings (SSSR count). The van der Waals surface area contributed by atoms with Crippen LogP contribution in [0.4, 0.5) is 0 Å². The summed E-state index contributed by atoms with van der Waals surface area (Å²) in [6, 6.07) is 32.2. The van der Waals surface area contributed by atoms with Crippen LogP contribution in [-0.2, 0) is 37.3 Å². The van der Waals surface area contributed by atoms with Crippen LogP contribution in [0.15, 0.2) is 97.1 Å². The average Bonchev–Trinajstić information content (AvgIpc) is 3.85. The quantitative estimate of drug-likeness (QED) is 0.0659. The number of rotatable bonds is 0. The maximum atomic E-state index is 8.95. The lowest BCUT2D eigenvalue weighted by molar-refractivity contribution is 0.499. The molecular weight excluding hydrogens is 958 g/mol. The van der Waals surface area contributed by atoms with Gasteiger partial charge in [-0.2, -0.15) is 33.7 Å². The number of hydrogen-bond donors (Lipinski definition) is 6. The van der Waals surface area contributed by atoms with Crippen LogP contribution >= 0.6 is 42.7 Å². The smallest absolute Gasteiger partial charge is 0.324 e. The highest BCUT2D eigenvalue weighted by molar-refractivity contribution is 8.10. The van der Waals surface area contributed by atoms with Crippen molar-refractivity contribution in [2.75, 3.05) is 0 Å². The number of benzene rings is 4. The molecule has 0 spiro atoms. The molecule has 0 fully saturated rings. The molecule has 0 amide bonds. The van der Waals surface area contributed by atoms with Crippen LogP contribution in [0.1, 0.15) is 0 Å². The van der Waals surface area contributed by atoms with E-state index in [1.54, 1.807) is 0 Å². The summed E-state index contributed by atoms with van der Waals surface area (Å²) in [4.78, 5) is 36.8. The molecule has 314 valence electrons. The first-order valence-corrected chi connectivity index (χ1v) is 24.7. The van der Waals surface area contributed by atoms with Gasteiger partial charge in [0.15, 0.2) is 23.3 Å². The van der Waals surface area contributed by atoms with E-state index in [1.807, 2.05) is 97.1 Å². The van der Waals surface area contributed by atoms with Gasteiger partial charge in [0.05, 0.1) is 0 Å². The van der Waals surface area contributed by atoms with Crippen LogP contribution < -0.4 is 0 Å². The van der Waals surface area contributed by atoms with E-state index < -0.39 is 37.3 Å². The predicted molar refractivity (Wildman–Crippen MR) is 226 cm³/mol. The molecule has 6 N–H and O–H groups in total. The first kappa shape index (κ1) is 46.1. The van der Waals surface area contributed by atoms with E-state index in [0.29, 0.717) is 45.9 Å². The van der Waals surface area contributed by atoms with E-state index in [2.05, 4.69) is 52.7 Å². The van der Waals surface area contributed by atoms with Gasteiger partial charge in [0.2, 0.25) is 0 Å². The minimum atomic E-state index is -4.19. The van der Waals surface area contributed by atoms with Crippen LogP contribution in [0.3, 0.4) is 0 Å². The van der Waals surface area contributed by atoms with E-state index in [4.69, 9.17) is 81.8 Å². The number of H-pyrrole nitrogens is 2. The van der Waals surface area contributed by atoms with Gasteiger partial charge in [-0.15, -0.1) is 0 Å². The molecule has 7 aromatic rings. The van der Waals surface area contributed by atoms with Gasteiger partial charge in [0.1, 0.15) is 22.6 Å². The summed E-state index contributed by atoms with van der Waals surface area (Å²) in [6.07, 6.45) is 0. The Hall–Kier alpha value is -4.96. The Morgan fingerprint density at radius 1 is 0.333 bits per heavy atom. The summed E-state index contributed by atoms with van der Waals surface area (Å²) < 4.78 is 101. The third kappa shape index (κ3) is 13.5. The van der Waals surface area contributed by atoms with Gasteiger partial charge < -0.3 is 9.97 Å². The van der Waals surface area contributed by atoms with Gasteiger partial charge in [0.25, 0.3) is 0 Å². The largest absolute Gasteiger partial charge is 0.353 e. The molecular formula is C32H22Cl4N8O12S4. The van der Waals surface area contributed by atoms with Crippen molar-refractivity contribution in [2.45, 2.75) is 0 Å². The Labute approximate surface area is 356 Å². The van der Waals surface area contributed by atoms with Crippen LogP contribution in [0.2, 0.25) is 0 Å². The van der Waals surface area contributed by atoms with E-state index in [9.17, 15) is 0 Å².